The van der Waals surface area contributed by atoms with Gasteiger partial charge in [-0.1, -0.05) is 12.1 Å². The van der Waals surface area contributed by atoms with Gasteiger partial charge in [-0.25, -0.2) is 4.79 Å². The zero-order valence-corrected chi connectivity index (χ0v) is 9.42. The minimum absolute atomic E-state index is 0.174. The molecule has 1 unspecified atom stereocenters. The lowest BCUT2D eigenvalue weighted by Crippen LogP contribution is -2.32. The number of Topliss-reactive ketones (excluding diaryl/α,β-unsaturated/α-hetero) is 1. The number of urea groups is 1. The number of carbonyl (C=O) groups is 3. The van der Waals surface area contributed by atoms with Crippen molar-refractivity contribution in [3.63, 3.8) is 0 Å². The molecule has 0 spiro atoms. The van der Waals surface area contributed by atoms with Gasteiger partial charge in [-0.2, -0.15) is 0 Å². The number of primary amides is 1. The van der Waals surface area contributed by atoms with Crippen LogP contribution < -0.4 is 16.8 Å². The molecule has 96 valence electrons. The number of ketones is 1. The minimum atomic E-state index is -1.28. The van der Waals surface area contributed by atoms with E-state index in [4.69, 9.17) is 16.6 Å². The van der Waals surface area contributed by atoms with Gasteiger partial charge in [0.1, 0.15) is 6.04 Å². The molecule has 1 aromatic carbocycles. The largest absolute Gasteiger partial charge is 0.480 e. The number of amides is 2. The summed E-state index contributed by atoms with van der Waals surface area (Å²) >= 11 is 0. The topological polar surface area (TPSA) is 136 Å². The van der Waals surface area contributed by atoms with E-state index >= 15 is 0 Å². The molecule has 0 radical (unpaired) electrons. The number of hydrogen-bond donors (Lipinski definition) is 4. The molecule has 7 heteroatoms. The third-order valence-corrected chi connectivity index (χ3v) is 2.21. The quantitative estimate of drug-likeness (QED) is 0.553. The monoisotopic (exact) mass is 251 g/mol. The van der Waals surface area contributed by atoms with Crippen molar-refractivity contribution >= 4 is 23.5 Å². The van der Waals surface area contributed by atoms with Crippen LogP contribution >= 0.6 is 0 Å². The minimum Gasteiger partial charge on any atom is -0.480 e. The fourth-order valence-corrected chi connectivity index (χ4v) is 1.37. The number of nitrogens with one attached hydrogen (secondary N) is 1. The maximum atomic E-state index is 11.8. The Morgan fingerprint density at radius 2 is 1.89 bits per heavy atom. The van der Waals surface area contributed by atoms with Gasteiger partial charge in [0.2, 0.25) is 0 Å². The Labute approximate surface area is 103 Å². The molecule has 0 saturated carbocycles. The van der Waals surface area contributed by atoms with Gasteiger partial charge in [0.05, 0.1) is 5.69 Å². The predicted octanol–water partition coefficient (Wildman–Crippen LogP) is 0.162. The molecule has 0 bridgehead atoms. The summed E-state index contributed by atoms with van der Waals surface area (Å²) in [5, 5.41) is 10.9. The normalized spacial score (nSPS) is 11.6. The lowest BCUT2D eigenvalue weighted by atomic mass is 10.0. The first-order valence-electron chi connectivity index (χ1n) is 5.09. The second-order valence-corrected chi connectivity index (χ2v) is 3.61. The lowest BCUT2D eigenvalue weighted by Gasteiger charge is -2.10. The van der Waals surface area contributed by atoms with Gasteiger partial charge in [0.25, 0.3) is 0 Å². The number of anilines is 1. The molecule has 1 atom stereocenters. The number of carboxylic acid groups (broad SMARTS) is 1. The Morgan fingerprint density at radius 3 is 2.44 bits per heavy atom. The fourth-order valence-electron chi connectivity index (χ4n) is 1.37. The van der Waals surface area contributed by atoms with Crippen LogP contribution in [0.5, 0.6) is 0 Å². The highest BCUT2D eigenvalue weighted by Crippen LogP contribution is 2.17. The Morgan fingerprint density at radius 1 is 1.28 bits per heavy atom. The van der Waals surface area contributed by atoms with E-state index in [2.05, 4.69) is 5.32 Å². The highest BCUT2D eigenvalue weighted by Gasteiger charge is 2.19. The summed E-state index contributed by atoms with van der Waals surface area (Å²) in [5.74, 6) is -1.74. The molecule has 18 heavy (non-hydrogen) atoms. The van der Waals surface area contributed by atoms with Crippen LogP contribution in [0, 0.1) is 0 Å². The van der Waals surface area contributed by atoms with Crippen molar-refractivity contribution in [1.29, 1.82) is 0 Å². The molecule has 0 aromatic heterocycles. The first-order valence-corrected chi connectivity index (χ1v) is 5.09. The van der Waals surface area contributed by atoms with E-state index < -0.39 is 23.8 Å². The smallest absolute Gasteiger partial charge is 0.320 e. The van der Waals surface area contributed by atoms with Gasteiger partial charge in [-0.15, -0.1) is 0 Å². The van der Waals surface area contributed by atoms with E-state index in [9.17, 15) is 14.4 Å². The molecule has 2 amide bonds. The van der Waals surface area contributed by atoms with Gasteiger partial charge >= 0.3 is 12.0 Å². The molecular weight excluding hydrogens is 238 g/mol. The van der Waals surface area contributed by atoms with Crippen LogP contribution in [0.2, 0.25) is 0 Å². The molecule has 0 fully saturated rings. The Balaban J connectivity index is 2.91. The summed E-state index contributed by atoms with van der Waals surface area (Å²) < 4.78 is 0. The van der Waals surface area contributed by atoms with Crippen molar-refractivity contribution in [2.45, 2.75) is 12.5 Å². The van der Waals surface area contributed by atoms with Crippen molar-refractivity contribution in [2.24, 2.45) is 11.5 Å². The number of benzene rings is 1. The van der Waals surface area contributed by atoms with Gasteiger partial charge in [0, 0.05) is 12.0 Å². The fraction of sp³-hybridized carbons (Fsp3) is 0.182. The van der Waals surface area contributed by atoms with Gasteiger partial charge in [0.15, 0.2) is 5.78 Å². The predicted molar refractivity (Wildman–Crippen MR) is 64.2 cm³/mol. The van der Waals surface area contributed by atoms with Crippen LogP contribution in [0.1, 0.15) is 16.8 Å². The number of rotatable bonds is 5. The van der Waals surface area contributed by atoms with Crippen LogP contribution in [0.25, 0.3) is 0 Å². The van der Waals surface area contributed by atoms with Crippen LogP contribution in [0.4, 0.5) is 10.5 Å². The van der Waals surface area contributed by atoms with Gasteiger partial charge in [-0.05, 0) is 12.1 Å². The highest BCUT2D eigenvalue weighted by molar-refractivity contribution is 6.05. The van der Waals surface area contributed by atoms with Gasteiger partial charge < -0.3 is 21.9 Å². The second-order valence-electron chi connectivity index (χ2n) is 3.61. The Hall–Kier alpha value is -2.41. The zero-order valence-electron chi connectivity index (χ0n) is 9.42. The van der Waals surface area contributed by atoms with Crippen LogP contribution in [0.3, 0.4) is 0 Å². The second kappa shape index (κ2) is 5.78. The molecule has 6 N–H and O–H groups in total. The molecule has 1 aromatic rings. The summed E-state index contributed by atoms with van der Waals surface area (Å²) in [6.45, 7) is 0. The van der Waals surface area contributed by atoms with Crippen LogP contribution in [-0.4, -0.2) is 28.9 Å². The summed E-state index contributed by atoms with van der Waals surface area (Å²) in [7, 11) is 0. The molecule has 7 nitrogen and oxygen atoms in total. The van der Waals surface area contributed by atoms with E-state index in [1.54, 1.807) is 12.1 Å². The molecule has 0 aliphatic heterocycles. The van der Waals surface area contributed by atoms with Gasteiger partial charge in [-0.3, -0.25) is 9.59 Å². The van der Waals surface area contributed by atoms with Crippen molar-refractivity contribution in [2.75, 3.05) is 5.32 Å². The molecule has 0 aliphatic carbocycles. The van der Waals surface area contributed by atoms with E-state index in [1.807, 2.05) is 0 Å². The number of aliphatic carboxylic acids is 1. The van der Waals surface area contributed by atoms with E-state index in [0.717, 1.165) is 0 Å². The lowest BCUT2D eigenvalue weighted by molar-refractivity contribution is -0.138. The first-order chi connectivity index (χ1) is 8.41. The van der Waals surface area contributed by atoms with E-state index in [1.165, 1.54) is 12.1 Å². The van der Waals surface area contributed by atoms with Crippen LogP contribution in [0.15, 0.2) is 24.3 Å². The average Bonchev–Trinajstić information content (AvgIpc) is 2.28. The zero-order chi connectivity index (χ0) is 13.7. The maximum Gasteiger partial charge on any atom is 0.320 e. The van der Waals surface area contributed by atoms with Crippen molar-refractivity contribution in [1.82, 2.24) is 0 Å². The maximum absolute atomic E-state index is 11.8. The first kappa shape index (κ1) is 13.7. The third-order valence-electron chi connectivity index (χ3n) is 2.21. The summed E-state index contributed by atoms with van der Waals surface area (Å²) in [5.41, 5.74) is 10.6. The number of para-hydroxylation sites is 1. The Bertz CT molecular complexity index is 487. The van der Waals surface area contributed by atoms with Crippen LogP contribution in [-0.2, 0) is 4.79 Å². The highest BCUT2D eigenvalue weighted by atomic mass is 16.4. The van der Waals surface area contributed by atoms with Crippen molar-refractivity contribution in [3.05, 3.63) is 29.8 Å². The standard InChI is InChI=1S/C11H13N3O4/c12-7(10(16)17)5-9(15)6-3-1-2-4-8(6)14-11(13)18/h1-4,7H,5,12H2,(H,16,17)(H3,13,14,18). The number of carboxylic acids is 1. The molecular formula is C11H13N3O4. The van der Waals surface area contributed by atoms with E-state index in [-0.39, 0.29) is 17.7 Å². The molecule has 0 aliphatic rings. The third kappa shape index (κ3) is 3.56. The van der Waals surface area contributed by atoms with Crippen molar-refractivity contribution in [3.8, 4) is 0 Å². The summed E-state index contributed by atoms with van der Waals surface area (Å²) in [6, 6.07) is 4.06. The summed E-state index contributed by atoms with van der Waals surface area (Å²) in [4.78, 5) is 33.1. The molecule has 0 heterocycles. The molecule has 0 saturated heterocycles. The SMILES string of the molecule is NC(=O)Nc1ccccc1C(=O)CC(N)C(=O)O. The van der Waals surface area contributed by atoms with E-state index in [0.29, 0.717) is 0 Å². The Kier molecular flexibility index (Phi) is 4.39. The number of nitrogens with two attached hydrogens (primary N) is 2. The number of carbonyl (C=O) groups excluding carboxylic acids is 2. The van der Waals surface area contributed by atoms with Crippen molar-refractivity contribution < 1.29 is 19.5 Å². The summed E-state index contributed by atoms with van der Waals surface area (Å²) in [6.07, 6.45) is -0.354. The molecule has 1 rings (SSSR count). The average molecular weight is 251 g/mol. The number of hydrogen-bond acceptors (Lipinski definition) is 4.